The van der Waals surface area contributed by atoms with Crippen LogP contribution in [-0.2, 0) is 19.6 Å². The van der Waals surface area contributed by atoms with E-state index in [0.717, 1.165) is 83.1 Å². The molecule has 4 heterocycles. The van der Waals surface area contributed by atoms with E-state index in [4.69, 9.17) is 0 Å². The van der Waals surface area contributed by atoms with Crippen molar-refractivity contribution in [3.05, 3.63) is 107 Å². The van der Waals surface area contributed by atoms with E-state index < -0.39 is 45.7 Å². The standard InChI is InChI=1S/C46H50FN5O7S2/c1-28-11-15-31(16-12-28)61(58,59)51-23-21-32-38(27-53)49-37-18-13-29(25-35(37)43(32)51)34-26-30(14-17-36(34)47)48-22-6-4-2-3-5-7-24-60-40-10-8-9-33-42(40)46(57)52(45(33)56)39-19-20-41(54)50-44(39)55/h8-18,25-26,32,38-39,43,48-49,53H,2-7,19-24,27H2,1H3,(H,50,54,55)/t32-,38-,39?,43-/m1/s1. The van der Waals surface area contributed by atoms with E-state index in [-0.39, 0.29) is 42.1 Å². The van der Waals surface area contributed by atoms with Crippen molar-refractivity contribution in [2.24, 2.45) is 5.92 Å². The first kappa shape index (κ1) is 42.6. The molecule has 8 rings (SSSR count). The number of thioether (sulfide) groups is 1. The van der Waals surface area contributed by atoms with Crippen LogP contribution in [0.1, 0.15) is 95.7 Å². The number of sulfonamides is 1. The molecule has 12 nitrogen and oxygen atoms in total. The van der Waals surface area contributed by atoms with Gasteiger partial charge >= 0.3 is 0 Å². The van der Waals surface area contributed by atoms with Crippen LogP contribution in [-0.4, -0.2) is 83.9 Å². The number of carbonyl (C=O) groups is 4. The van der Waals surface area contributed by atoms with E-state index in [1.54, 1.807) is 52.8 Å². The fraction of sp³-hybridized carbons (Fsp3) is 0.391. The van der Waals surface area contributed by atoms with Gasteiger partial charge in [-0.25, -0.2) is 12.8 Å². The molecule has 2 fully saturated rings. The quantitative estimate of drug-likeness (QED) is 0.0511. The maximum Gasteiger partial charge on any atom is 0.263 e. The van der Waals surface area contributed by atoms with E-state index in [1.165, 1.54) is 17.8 Å². The minimum atomic E-state index is -3.84. The van der Waals surface area contributed by atoms with Gasteiger partial charge in [0.05, 0.1) is 34.7 Å². The van der Waals surface area contributed by atoms with Gasteiger partial charge in [-0.3, -0.25) is 29.4 Å². The zero-order chi connectivity index (χ0) is 42.8. The Hall–Kier alpha value is -5.09. The average molecular weight is 868 g/mol. The number of benzene rings is 4. The first-order valence-corrected chi connectivity index (χ1v) is 23.5. The Bertz CT molecular complexity index is 2460. The molecule has 2 saturated heterocycles. The third-order valence-electron chi connectivity index (χ3n) is 12.3. The lowest BCUT2D eigenvalue weighted by Gasteiger charge is -2.39. The maximum atomic E-state index is 15.5. The topological polar surface area (TPSA) is 165 Å². The Morgan fingerprint density at radius 2 is 1.64 bits per heavy atom. The second kappa shape index (κ2) is 18.1. The van der Waals surface area contributed by atoms with Gasteiger partial charge < -0.3 is 15.7 Å². The summed E-state index contributed by atoms with van der Waals surface area (Å²) < 4.78 is 45.0. The minimum Gasteiger partial charge on any atom is -0.394 e. The second-order valence-corrected chi connectivity index (χ2v) is 19.3. The summed E-state index contributed by atoms with van der Waals surface area (Å²) in [5, 5.41) is 19.3. The van der Waals surface area contributed by atoms with Crippen LogP contribution < -0.4 is 16.0 Å². The van der Waals surface area contributed by atoms with E-state index >= 15 is 4.39 Å². The molecule has 0 aliphatic carbocycles. The number of piperidine rings is 1. The molecular weight excluding hydrogens is 818 g/mol. The van der Waals surface area contributed by atoms with Gasteiger partial charge in [0, 0.05) is 47.3 Å². The molecule has 4 amide bonds. The number of hydrogen-bond acceptors (Lipinski definition) is 10. The Morgan fingerprint density at radius 1 is 0.869 bits per heavy atom. The predicted molar refractivity (Wildman–Crippen MR) is 232 cm³/mol. The van der Waals surface area contributed by atoms with Crippen molar-refractivity contribution < 1.29 is 37.1 Å². The molecular formula is C46H50FN5O7S2. The van der Waals surface area contributed by atoms with Crippen LogP contribution in [0.4, 0.5) is 15.8 Å². The van der Waals surface area contributed by atoms with E-state index in [2.05, 4.69) is 16.0 Å². The SMILES string of the molecule is Cc1ccc(S(=O)(=O)N2CC[C@@H]3[C@@H](CO)Nc4ccc(-c5cc(NCCCCCCCCSc6cccc7c6C(=O)N(C6CCC(=O)NC6=O)C7=O)ccc5F)cc4[C@@H]32)cc1. The number of aliphatic hydroxyl groups excluding tert-OH is 1. The lowest BCUT2D eigenvalue weighted by Crippen LogP contribution is -2.54. The number of carbonyl (C=O) groups excluding carboxylic acids is 4. The summed E-state index contributed by atoms with van der Waals surface area (Å²) in [5.74, 6) is -1.76. The number of halogens is 1. The summed E-state index contributed by atoms with van der Waals surface area (Å²) in [6.07, 6.45) is 6.79. The van der Waals surface area contributed by atoms with E-state index in [0.29, 0.717) is 35.2 Å². The molecule has 4 aromatic rings. The van der Waals surface area contributed by atoms with Gasteiger partial charge in [-0.05, 0) is 104 Å². The summed E-state index contributed by atoms with van der Waals surface area (Å²) in [5.41, 5.74) is 4.95. The van der Waals surface area contributed by atoms with Crippen molar-refractivity contribution >= 4 is 56.8 Å². The Balaban J connectivity index is 0.818. The molecule has 0 bridgehead atoms. The monoisotopic (exact) mass is 867 g/mol. The average Bonchev–Trinajstić information content (AvgIpc) is 3.82. The third kappa shape index (κ3) is 8.57. The number of nitrogens with one attached hydrogen (secondary N) is 3. The Morgan fingerprint density at radius 3 is 2.41 bits per heavy atom. The largest absolute Gasteiger partial charge is 0.394 e. The van der Waals surface area contributed by atoms with Crippen LogP contribution in [0.2, 0.25) is 0 Å². The fourth-order valence-corrected chi connectivity index (χ4v) is 11.9. The van der Waals surface area contributed by atoms with E-state index in [9.17, 15) is 32.7 Å². The van der Waals surface area contributed by atoms with Crippen LogP contribution in [0, 0.1) is 18.7 Å². The highest BCUT2D eigenvalue weighted by Crippen LogP contribution is 2.49. The highest BCUT2D eigenvalue weighted by Gasteiger charge is 2.49. The zero-order valence-electron chi connectivity index (χ0n) is 34.0. The number of unbranched alkanes of at least 4 members (excludes halogenated alkanes) is 5. The molecule has 4 atom stereocenters. The van der Waals surface area contributed by atoms with Gasteiger partial charge in [0.2, 0.25) is 21.8 Å². The van der Waals surface area contributed by atoms with Crippen molar-refractivity contribution in [1.29, 1.82) is 0 Å². The summed E-state index contributed by atoms with van der Waals surface area (Å²) in [6, 6.07) is 20.8. The first-order valence-electron chi connectivity index (χ1n) is 21.1. The molecule has 1 unspecified atom stereocenters. The molecule has 0 aromatic heterocycles. The van der Waals surface area contributed by atoms with Gasteiger partial charge in [0.1, 0.15) is 11.9 Å². The molecule has 0 saturated carbocycles. The molecule has 4 N–H and O–H groups in total. The molecule has 0 radical (unpaired) electrons. The van der Waals surface area contributed by atoms with Crippen molar-refractivity contribution in [1.82, 2.24) is 14.5 Å². The highest BCUT2D eigenvalue weighted by atomic mass is 32.2. The van der Waals surface area contributed by atoms with Gasteiger partial charge in [-0.2, -0.15) is 4.31 Å². The van der Waals surface area contributed by atoms with Crippen molar-refractivity contribution in [3.8, 4) is 11.1 Å². The zero-order valence-corrected chi connectivity index (χ0v) is 35.6. The molecule has 4 aliphatic heterocycles. The smallest absolute Gasteiger partial charge is 0.263 e. The highest BCUT2D eigenvalue weighted by molar-refractivity contribution is 7.99. The van der Waals surface area contributed by atoms with Crippen LogP contribution in [0.3, 0.4) is 0 Å². The van der Waals surface area contributed by atoms with E-state index in [1.807, 2.05) is 31.2 Å². The minimum absolute atomic E-state index is 0.0792. The van der Waals surface area contributed by atoms with Crippen molar-refractivity contribution in [2.75, 3.05) is 36.1 Å². The number of aliphatic hydroxyl groups is 1. The maximum absolute atomic E-state index is 15.5. The summed E-state index contributed by atoms with van der Waals surface area (Å²) in [7, 11) is -3.84. The lowest BCUT2D eigenvalue weighted by atomic mass is 9.82. The first-order chi connectivity index (χ1) is 29.5. The molecule has 0 spiro atoms. The van der Waals surface area contributed by atoms with Crippen LogP contribution in [0.5, 0.6) is 0 Å². The number of aryl methyl sites for hydroxylation is 1. The lowest BCUT2D eigenvalue weighted by molar-refractivity contribution is -0.136. The van der Waals surface area contributed by atoms with Gasteiger partial charge in [0.15, 0.2) is 0 Å². The Labute approximate surface area is 359 Å². The normalized spacial score (nSPS) is 21.2. The number of amides is 4. The van der Waals surface area contributed by atoms with Gasteiger partial charge in [-0.1, -0.05) is 55.5 Å². The fourth-order valence-electron chi connectivity index (χ4n) is 9.11. The molecule has 61 heavy (non-hydrogen) atoms. The number of hydrogen-bond donors (Lipinski definition) is 4. The van der Waals surface area contributed by atoms with Crippen LogP contribution in [0.15, 0.2) is 88.7 Å². The van der Waals surface area contributed by atoms with Crippen molar-refractivity contribution in [3.63, 3.8) is 0 Å². The number of anilines is 2. The molecule has 15 heteroatoms. The molecule has 320 valence electrons. The molecule has 4 aromatic carbocycles. The third-order valence-corrected chi connectivity index (χ3v) is 15.4. The summed E-state index contributed by atoms with van der Waals surface area (Å²) >= 11 is 1.53. The second-order valence-electron chi connectivity index (χ2n) is 16.3. The van der Waals surface area contributed by atoms with Crippen LogP contribution in [0.25, 0.3) is 11.1 Å². The summed E-state index contributed by atoms with van der Waals surface area (Å²) in [6.45, 7) is 2.81. The number of imide groups is 2. The van der Waals surface area contributed by atoms with Gasteiger partial charge in [-0.15, -0.1) is 11.8 Å². The predicted octanol–water partition coefficient (Wildman–Crippen LogP) is 7.29. The van der Waals surface area contributed by atoms with Crippen molar-refractivity contribution in [2.45, 2.75) is 92.6 Å². The van der Waals surface area contributed by atoms with Gasteiger partial charge in [0.25, 0.3) is 11.8 Å². The number of nitrogens with zero attached hydrogens (tertiary/aromatic N) is 2. The summed E-state index contributed by atoms with van der Waals surface area (Å²) in [4.78, 5) is 52.5. The molecule has 4 aliphatic rings. The number of fused-ring (bicyclic) bond motifs is 4. The Kier molecular flexibility index (Phi) is 12.6. The number of rotatable bonds is 16. The van der Waals surface area contributed by atoms with Crippen LogP contribution >= 0.6 is 11.8 Å².